The van der Waals surface area contributed by atoms with Gasteiger partial charge in [-0.2, -0.15) is 0 Å². The first-order valence-corrected chi connectivity index (χ1v) is 5.88. The SMILES string of the molecule is O=C(O)c1cccc(COCC2CCCO2)c1F. The van der Waals surface area contributed by atoms with E-state index in [4.69, 9.17) is 14.6 Å². The molecule has 1 atom stereocenters. The molecule has 0 aliphatic carbocycles. The maximum Gasteiger partial charge on any atom is 0.338 e. The predicted octanol–water partition coefficient (Wildman–Crippen LogP) is 2.22. The van der Waals surface area contributed by atoms with Crippen LogP contribution < -0.4 is 0 Å². The van der Waals surface area contributed by atoms with Crippen LogP contribution >= 0.6 is 0 Å². The Kier molecular flexibility index (Phi) is 4.28. The van der Waals surface area contributed by atoms with Crippen LogP contribution in [0, 0.1) is 5.82 Å². The molecule has 1 aromatic carbocycles. The highest BCUT2D eigenvalue weighted by Gasteiger charge is 2.17. The number of benzene rings is 1. The van der Waals surface area contributed by atoms with Gasteiger partial charge in [0.1, 0.15) is 5.82 Å². The summed E-state index contributed by atoms with van der Waals surface area (Å²) in [6, 6.07) is 4.27. The Balaban J connectivity index is 1.92. The number of hydrogen-bond donors (Lipinski definition) is 1. The van der Waals surface area contributed by atoms with E-state index in [1.54, 1.807) is 0 Å². The Morgan fingerprint density at radius 1 is 1.56 bits per heavy atom. The van der Waals surface area contributed by atoms with E-state index in [-0.39, 0.29) is 23.8 Å². The molecule has 0 radical (unpaired) electrons. The van der Waals surface area contributed by atoms with Crippen LogP contribution in [0.15, 0.2) is 18.2 Å². The molecule has 1 aliphatic heterocycles. The van der Waals surface area contributed by atoms with Crippen molar-refractivity contribution in [1.82, 2.24) is 0 Å². The summed E-state index contributed by atoms with van der Waals surface area (Å²) in [5.41, 5.74) is -0.0684. The molecule has 18 heavy (non-hydrogen) atoms. The second kappa shape index (κ2) is 5.93. The van der Waals surface area contributed by atoms with Crippen LogP contribution in [0.2, 0.25) is 0 Å². The number of carboxylic acids is 1. The highest BCUT2D eigenvalue weighted by Crippen LogP contribution is 2.16. The lowest BCUT2D eigenvalue weighted by molar-refractivity contribution is 0.00976. The standard InChI is InChI=1S/C13H15FO4/c14-12-9(3-1-5-11(12)13(15)16)7-17-8-10-4-2-6-18-10/h1,3,5,10H,2,4,6-8H2,(H,15,16). The summed E-state index contributed by atoms with van der Waals surface area (Å²) < 4.78 is 24.5. The Labute approximate surface area is 104 Å². The summed E-state index contributed by atoms with van der Waals surface area (Å²) >= 11 is 0. The van der Waals surface area contributed by atoms with Crippen molar-refractivity contribution in [3.63, 3.8) is 0 Å². The van der Waals surface area contributed by atoms with Gasteiger partial charge in [-0.1, -0.05) is 12.1 Å². The van der Waals surface area contributed by atoms with Gasteiger partial charge in [-0.05, 0) is 18.9 Å². The van der Waals surface area contributed by atoms with Crippen LogP contribution in [0.25, 0.3) is 0 Å². The molecule has 1 N–H and O–H groups in total. The van der Waals surface area contributed by atoms with Crippen molar-refractivity contribution < 1.29 is 23.8 Å². The third-order valence-corrected chi connectivity index (χ3v) is 2.89. The molecule has 0 spiro atoms. The second-order valence-electron chi connectivity index (χ2n) is 4.23. The largest absolute Gasteiger partial charge is 0.478 e. The maximum absolute atomic E-state index is 13.7. The van der Waals surface area contributed by atoms with Crippen molar-refractivity contribution >= 4 is 5.97 Å². The zero-order valence-electron chi connectivity index (χ0n) is 9.89. The molecule has 0 bridgehead atoms. The Morgan fingerprint density at radius 3 is 3.06 bits per heavy atom. The molecule has 0 amide bonds. The molecule has 1 fully saturated rings. The van der Waals surface area contributed by atoms with Gasteiger partial charge in [-0.15, -0.1) is 0 Å². The van der Waals surface area contributed by atoms with Crippen LogP contribution in [0.3, 0.4) is 0 Å². The average Bonchev–Trinajstić information content (AvgIpc) is 2.84. The van der Waals surface area contributed by atoms with Crippen LogP contribution in [-0.4, -0.2) is 30.4 Å². The third kappa shape index (κ3) is 3.05. The van der Waals surface area contributed by atoms with Gasteiger partial charge in [-0.3, -0.25) is 0 Å². The molecule has 98 valence electrons. The van der Waals surface area contributed by atoms with E-state index in [1.165, 1.54) is 18.2 Å². The van der Waals surface area contributed by atoms with Crippen LogP contribution in [0.4, 0.5) is 4.39 Å². The summed E-state index contributed by atoms with van der Waals surface area (Å²) in [7, 11) is 0. The van der Waals surface area contributed by atoms with Crippen LogP contribution in [-0.2, 0) is 16.1 Å². The van der Waals surface area contributed by atoms with E-state index in [9.17, 15) is 9.18 Å². The van der Waals surface area contributed by atoms with Gasteiger partial charge in [0, 0.05) is 12.2 Å². The Hall–Kier alpha value is -1.46. The molecule has 2 rings (SSSR count). The van der Waals surface area contributed by atoms with E-state index >= 15 is 0 Å². The van der Waals surface area contributed by atoms with Crippen molar-refractivity contribution in [3.05, 3.63) is 35.1 Å². The Bertz CT molecular complexity index is 427. The highest BCUT2D eigenvalue weighted by atomic mass is 19.1. The molecule has 0 saturated carbocycles. The van der Waals surface area contributed by atoms with Crippen molar-refractivity contribution in [2.75, 3.05) is 13.2 Å². The molecule has 5 heteroatoms. The lowest BCUT2D eigenvalue weighted by atomic mass is 10.1. The molecule has 1 saturated heterocycles. The van der Waals surface area contributed by atoms with Crippen molar-refractivity contribution in [2.24, 2.45) is 0 Å². The zero-order valence-corrected chi connectivity index (χ0v) is 9.89. The molecule has 1 heterocycles. The lowest BCUT2D eigenvalue weighted by Crippen LogP contribution is -2.14. The monoisotopic (exact) mass is 254 g/mol. The van der Waals surface area contributed by atoms with Crippen molar-refractivity contribution in [3.8, 4) is 0 Å². The van der Waals surface area contributed by atoms with Gasteiger partial charge in [-0.25, -0.2) is 9.18 Å². The minimum absolute atomic E-state index is 0.0623. The number of halogens is 1. The van der Waals surface area contributed by atoms with E-state index in [0.717, 1.165) is 19.4 Å². The smallest absolute Gasteiger partial charge is 0.338 e. The minimum Gasteiger partial charge on any atom is -0.478 e. The fraction of sp³-hybridized carbons (Fsp3) is 0.462. The first-order valence-electron chi connectivity index (χ1n) is 5.88. The number of hydrogen-bond acceptors (Lipinski definition) is 3. The van der Waals surface area contributed by atoms with E-state index in [1.807, 2.05) is 0 Å². The molecule has 1 unspecified atom stereocenters. The quantitative estimate of drug-likeness (QED) is 0.875. The molecular weight excluding hydrogens is 239 g/mol. The van der Waals surface area contributed by atoms with Crippen molar-refractivity contribution in [1.29, 1.82) is 0 Å². The molecule has 0 aromatic heterocycles. The summed E-state index contributed by atoms with van der Waals surface area (Å²) in [6.45, 7) is 1.22. The van der Waals surface area contributed by atoms with E-state index < -0.39 is 11.8 Å². The summed E-state index contributed by atoms with van der Waals surface area (Å²) in [4.78, 5) is 10.8. The summed E-state index contributed by atoms with van der Waals surface area (Å²) in [6.07, 6.45) is 2.06. The third-order valence-electron chi connectivity index (χ3n) is 2.89. The normalized spacial score (nSPS) is 19.1. The predicted molar refractivity (Wildman–Crippen MR) is 62.0 cm³/mol. The maximum atomic E-state index is 13.7. The number of rotatable bonds is 5. The number of ether oxygens (including phenoxy) is 2. The van der Waals surface area contributed by atoms with Gasteiger partial charge < -0.3 is 14.6 Å². The summed E-state index contributed by atoms with van der Waals surface area (Å²) in [5, 5.41) is 8.79. The first kappa shape index (κ1) is 13.0. The van der Waals surface area contributed by atoms with Crippen molar-refractivity contribution in [2.45, 2.75) is 25.6 Å². The number of aromatic carboxylic acids is 1. The lowest BCUT2D eigenvalue weighted by Gasteiger charge is -2.11. The average molecular weight is 254 g/mol. The van der Waals surface area contributed by atoms with Gasteiger partial charge in [0.2, 0.25) is 0 Å². The second-order valence-corrected chi connectivity index (χ2v) is 4.23. The number of carbonyl (C=O) groups is 1. The van der Waals surface area contributed by atoms with Gasteiger partial charge in [0.15, 0.2) is 0 Å². The van der Waals surface area contributed by atoms with E-state index in [0.29, 0.717) is 6.61 Å². The first-order chi connectivity index (χ1) is 8.68. The van der Waals surface area contributed by atoms with Gasteiger partial charge in [0.05, 0.1) is 24.9 Å². The van der Waals surface area contributed by atoms with E-state index in [2.05, 4.69) is 0 Å². The van der Waals surface area contributed by atoms with Crippen LogP contribution in [0.5, 0.6) is 0 Å². The fourth-order valence-corrected chi connectivity index (χ4v) is 1.93. The molecular formula is C13H15FO4. The molecule has 4 nitrogen and oxygen atoms in total. The zero-order chi connectivity index (χ0) is 13.0. The van der Waals surface area contributed by atoms with Gasteiger partial charge in [0.25, 0.3) is 0 Å². The van der Waals surface area contributed by atoms with Crippen LogP contribution in [0.1, 0.15) is 28.8 Å². The Morgan fingerprint density at radius 2 is 2.39 bits per heavy atom. The van der Waals surface area contributed by atoms with Gasteiger partial charge >= 0.3 is 5.97 Å². The molecule has 1 aliphatic rings. The minimum atomic E-state index is -1.27. The number of carboxylic acid groups (broad SMARTS) is 1. The topological polar surface area (TPSA) is 55.8 Å². The fourth-order valence-electron chi connectivity index (χ4n) is 1.93. The molecule has 1 aromatic rings. The highest BCUT2D eigenvalue weighted by molar-refractivity contribution is 5.88. The summed E-state index contributed by atoms with van der Waals surface area (Å²) in [5.74, 6) is -1.99.